The molecule has 1 spiro atoms. The van der Waals surface area contributed by atoms with Gasteiger partial charge in [-0.25, -0.2) is 4.79 Å². The largest absolute Gasteiger partial charge is 0.323 e. The molecule has 0 aromatic heterocycles. The first kappa shape index (κ1) is 13.1. The fourth-order valence-electron chi connectivity index (χ4n) is 3.02. The Kier molecular flexibility index (Phi) is 3.71. The van der Waals surface area contributed by atoms with Gasteiger partial charge >= 0.3 is 6.03 Å². The minimum Gasteiger partial charge on any atom is -0.308 e. The zero-order chi connectivity index (χ0) is 13.2. The van der Waals surface area contributed by atoms with Crippen molar-refractivity contribution in [3.63, 3.8) is 0 Å². The molecule has 2 aliphatic rings. The number of amides is 2. The van der Waals surface area contributed by atoms with Crippen molar-refractivity contribution in [3.8, 4) is 0 Å². The molecule has 100 valence electrons. The Morgan fingerprint density at radius 2 is 2.28 bits per heavy atom. The van der Waals surface area contributed by atoms with Gasteiger partial charge in [0.15, 0.2) is 0 Å². The van der Waals surface area contributed by atoms with E-state index < -0.39 is 5.54 Å². The molecule has 0 aliphatic carbocycles. The number of carbonyl (C=O) groups excluding carboxylic acids is 1. The molecule has 2 heterocycles. The highest BCUT2D eigenvalue weighted by Crippen LogP contribution is 2.33. The summed E-state index contributed by atoms with van der Waals surface area (Å²) in [5.74, 6) is 0.368. The molecule has 5 heteroatoms. The van der Waals surface area contributed by atoms with E-state index >= 15 is 0 Å². The molecule has 2 saturated heterocycles. The zero-order valence-electron chi connectivity index (χ0n) is 11.0. The van der Waals surface area contributed by atoms with Crippen LogP contribution in [0.2, 0.25) is 0 Å². The Morgan fingerprint density at radius 1 is 1.50 bits per heavy atom. The monoisotopic (exact) mass is 250 g/mol. The smallest absolute Gasteiger partial charge is 0.308 e. The summed E-state index contributed by atoms with van der Waals surface area (Å²) in [4.78, 5) is 16.1. The first-order chi connectivity index (χ1) is 8.64. The van der Waals surface area contributed by atoms with Crippen molar-refractivity contribution in [2.75, 3.05) is 26.2 Å². The molecule has 18 heavy (non-hydrogen) atoms. The molecule has 5 nitrogen and oxygen atoms in total. The van der Waals surface area contributed by atoms with Crippen LogP contribution in [0.4, 0.5) is 4.79 Å². The quantitative estimate of drug-likeness (QED) is 0.744. The molecule has 0 bridgehead atoms. The third-order valence-corrected chi connectivity index (χ3v) is 4.12. The van der Waals surface area contributed by atoms with Crippen molar-refractivity contribution in [2.45, 2.75) is 31.7 Å². The molecule has 2 amide bonds. The number of nitrogens with zero attached hydrogens (tertiary/aromatic N) is 2. The Balaban J connectivity index is 2.23. The molecule has 0 radical (unpaired) electrons. The number of hydrogen-bond donors (Lipinski definition) is 2. The fraction of sp³-hybridized carbons (Fsp3) is 0.692. The number of carbonyl (C=O) groups is 1. The molecule has 2 rings (SSSR count). The molecule has 1 unspecified atom stereocenters. The van der Waals surface area contributed by atoms with E-state index in [1.165, 1.54) is 0 Å². The van der Waals surface area contributed by atoms with Crippen LogP contribution in [0, 0.1) is 5.41 Å². The molecule has 0 aromatic rings. The highest BCUT2D eigenvalue weighted by atomic mass is 16.2. The number of nitrogens with one attached hydrogen (secondary N) is 2. The van der Waals surface area contributed by atoms with Gasteiger partial charge in [-0.15, -0.1) is 6.58 Å². The van der Waals surface area contributed by atoms with Crippen molar-refractivity contribution < 1.29 is 4.79 Å². The van der Waals surface area contributed by atoms with Gasteiger partial charge in [0.25, 0.3) is 0 Å². The van der Waals surface area contributed by atoms with Gasteiger partial charge in [-0.3, -0.25) is 10.7 Å². The van der Waals surface area contributed by atoms with Crippen LogP contribution < -0.4 is 5.32 Å². The topological polar surface area (TPSA) is 59.4 Å². The number of rotatable bonds is 3. The second-order valence-electron chi connectivity index (χ2n) is 5.02. The highest BCUT2D eigenvalue weighted by molar-refractivity contribution is 6.08. The maximum atomic E-state index is 11.9. The number of likely N-dealkylation sites (tertiary alicyclic amines) is 1. The number of amidine groups is 1. The van der Waals surface area contributed by atoms with Crippen LogP contribution in [0.25, 0.3) is 0 Å². The Morgan fingerprint density at radius 3 is 2.94 bits per heavy atom. The molecule has 0 aromatic carbocycles. The van der Waals surface area contributed by atoms with Crippen LogP contribution in [0.3, 0.4) is 0 Å². The first-order valence-corrected chi connectivity index (χ1v) is 6.65. The molecule has 1 atom stereocenters. The molecule has 2 fully saturated rings. The van der Waals surface area contributed by atoms with Gasteiger partial charge < -0.3 is 9.80 Å². The average Bonchev–Trinajstić information content (AvgIpc) is 2.55. The molecular formula is C13H22N4O. The van der Waals surface area contributed by atoms with Gasteiger partial charge in [-0.1, -0.05) is 13.0 Å². The molecule has 2 aliphatic heterocycles. The van der Waals surface area contributed by atoms with E-state index in [9.17, 15) is 4.79 Å². The summed E-state index contributed by atoms with van der Waals surface area (Å²) in [6.07, 6.45) is 4.47. The minimum atomic E-state index is -0.421. The minimum absolute atomic E-state index is 0.148. The Hall–Kier alpha value is -1.36. The lowest BCUT2D eigenvalue weighted by molar-refractivity contribution is 0.171. The summed E-state index contributed by atoms with van der Waals surface area (Å²) >= 11 is 0. The van der Waals surface area contributed by atoms with E-state index in [4.69, 9.17) is 5.41 Å². The zero-order valence-corrected chi connectivity index (χ0v) is 11.0. The second-order valence-corrected chi connectivity index (χ2v) is 5.02. The van der Waals surface area contributed by atoms with E-state index in [0.717, 1.165) is 38.9 Å². The third kappa shape index (κ3) is 2.03. The van der Waals surface area contributed by atoms with Crippen LogP contribution in [0.5, 0.6) is 0 Å². The van der Waals surface area contributed by atoms with E-state index in [1.807, 2.05) is 0 Å². The van der Waals surface area contributed by atoms with E-state index in [0.29, 0.717) is 12.4 Å². The Labute approximate surface area is 108 Å². The first-order valence-electron chi connectivity index (χ1n) is 6.65. The van der Waals surface area contributed by atoms with Crippen LogP contribution >= 0.6 is 0 Å². The lowest BCUT2D eigenvalue weighted by Crippen LogP contribution is -2.50. The van der Waals surface area contributed by atoms with E-state index in [1.54, 1.807) is 11.0 Å². The number of urea groups is 1. The van der Waals surface area contributed by atoms with Crippen molar-refractivity contribution in [2.24, 2.45) is 0 Å². The van der Waals surface area contributed by atoms with Crippen molar-refractivity contribution >= 4 is 11.9 Å². The van der Waals surface area contributed by atoms with Crippen LogP contribution in [-0.4, -0.2) is 53.4 Å². The van der Waals surface area contributed by atoms with Gasteiger partial charge in [-0.2, -0.15) is 0 Å². The van der Waals surface area contributed by atoms with Crippen molar-refractivity contribution in [1.29, 1.82) is 5.41 Å². The predicted molar refractivity (Wildman–Crippen MR) is 71.9 cm³/mol. The highest BCUT2D eigenvalue weighted by Gasteiger charge is 2.49. The van der Waals surface area contributed by atoms with Crippen molar-refractivity contribution in [1.82, 2.24) is 15.1 Å². The molecular weight excluding hydrogens is 228 g/mol. The summed E-state index contributed by atoms with van der Waals surface area (Å²) in [6.45, 7) is 9.42. The van der Waals surface area contributed by atoms with Gasteiger partial charge in [0.1, 0.15) is 11.4 Å². The van der Waals surface area contributed by atoms with Gasteiger partial charge in [0, 0.05) is 13.1 Å². The van der Waals surface area contributed by atoms with Gasteiger partial charge in [-0.05, 0) is 32.4 Å². The van der Waals surface area contributed by atoms with Gasteiger partial charge in [0.2, 0.25) is 0 Å². The number of hydrogen-bond acceptors (Lipinski definition) is 3. The van der Waals surface area contributed by atoms with E-state index in [-0.39, 0.29) is 6.03 Å². The summed E-state index contributed by atoms with van der Waals surface area (Å²) in [5, 5.41) is 10.8. The Bertz CT molecular complexity index is 368. The lowest BCUT2D eigenvalue weighted by Gasteiger charge is -2.35. The van der Waals surface area contributed by atoms with Crippen molar-refractivity contribution in [3.05, 3.63) is 12.7 Å². The van der Waals surface area contributed by atoms with Crippen LogP contribution in [-0.2, 0) is 0 Å². The normalized spacial score (nSPS) is 29.5. The lowest BCUT2D eigenvalue weighted by atomic mass is 9.88. The standard InChI is InChI=1S/C13H22N4O/c1-3-8-17-12(18)15-11(14)13(17)6-5-9-16(4-2)10-7-13/h3H,1,4-10H2,2H3,(H2,14,15,18). The summed E-state index contributed by atoms with van der Waals surface area (Å²) in [7, 11) is 0. The predicted octanol–water partition coefficient (Wildman–Crippen LogP) is 1.42. The van der Waals surface area contributed by atoms with Crippen LogP contribution in [0.15, 0.2) is 12.7 Å². The summed E-state index contributed by atoms with van der Waals surface area (Å²) in [6, 6.07) is -0.148. The third-order valence-electron chi connectivity index (χ3n) is 4.12. The summed E-state index contributed by atoms with van der Waals surface area (Å²) < 4.78 is 0. The summed E-state index contributed by atoms with van der Waals surface area (Å²) in [5.41, 5.74) is -0.421. The maximum absolute atomic E-state index is 11.9. The second kappa shape index (κ2) is 5.10. The average molecular weight is 250 g/mol. The molecule has 0 saturated carbocycles. The van der Waals surface area contributed by atoms with E-state index in [2.05, 4.69) is 23.7 Å². The SMILES string of the molecule is C=CCN1C(=O)NC(=N)C12CCCN(CC)CC2. The molecule has 2 N–H and O–H groups in total. The fourth-order valence-corrected chi connectivity index (χ4v) is 3.02. The maximum Gasteiger partial charge on any atom is 0.323 e. The van der Waals surface area contributed by atoms with Gasteiger partial charge in [0.05, 0.1) is 0 Å². The van der Waals surface area contributed by atoms with Crippen LogP contribution in [0.1, 0.15) is 26.2 Å².